The fourth-order valence-corrected chi connectivity index (χ4v) is 11.0. The summed E-state index contributed by atoms with van der Waals surface area (Å²) in [4.78, 5) is 4.79. The fourth-order valence-electron chi connectivity index (χ4n) is 11.0. The van der Waals surface area contributed by atoms with Gasteiger partial charge in [0.2, 0.25) is 0 Å². The molecule has 9 aromatic carbocycles. The van der Waals surface area contributed by atoms with Crippen molar-refractivity contribution in [1.29, 1.82) is 0 Å². The Balaban J connectivity index is 0.801. The topological polar surface area (TPSA) is 6.48 Å². The molecule has 0 aliphatic heterocycles. The van der Waals surface area contributed by atoms with Crippen LogP contribution in [-0.2, 0) is 10.8 Å². The highest BCUT2D eigenvalue weighted by Gasteiger charge is 2.37. The molecule has 0 spiro atoms. The maximum Gasteiger partial charge on any atom is 0.0465 e. The first kappa shape index (κ1) is 44.6. The van der Waals surface area contributed by atoms with Gasteiger partial charge >= 0.3 is 0 Å². The second kappa shape index (κ2) is 17.5. The molecular formula is C68H60N2. The van der Waals surface area contributed by atoms with Crippen molar-refractivity contribution >= 4 is 58.4 Å². The number of anilines is 6. The van der Waals surface area contributed by atoms with Gasteiger partial charge in [0, 0.05) is 45.0 Å². The Morgan fingerprint density at radius 3 is 0.843 bits per heavy atom. The van der Waals surface area contributed by atoms with Gasteiger partial charge in [0.15, 0.2) is 0 Å². The molecule has 0 unspecified atom stereocenters. The van der Waals surface area contributed by atoms with Gasteiger partial charge in [0.25, 0.3) is 0 Å². The van der Waals surface area contributed by atoms with Gasteiger partial charge in [0.05, 0.1) is 0 Å². The smallest absolute Gasteiger partial charge is 0.0465 e. The highest BCUT2D eigenvalue weighted by atomic mass is 15.1. The van der Waals surface area contributed by atoms with Crippen LogP contribution < -0.4 is 9.80 Å². The lowest BCUT2D eigenvalue weighted by molar-refractivity contribution is 0.660. The Hall–Kier alpha value is -7.94. The fraction of sp³-hybridized carbons (Fsp3) is 0.147. The second-order valence-electron chi connectivity index (χ2n) is 20.7. The van der Waals surface area contributed by atoms with Crippen molar-refractivity contribution in [3.8, 4) is 22.3 Å². The predicted octanol–water partition coefficient (Wildman–Crippen LogP) is 18.8. The minimum Gasteiger partial charge on any atom is -0.310 e. The van der Waals surface area contributed by atoms with E-state index < -0.39 is 0 Å². The number of aryl methyl sites for hydroxylation is 4. The molecule has 342 valence electrons. The molecule has 11 rings (SSSR count). The zero-order valence-electron chi connectivity index (χ0n) is 41.7. The van der Waals surface area contributed by atoms with E-state index in [4.69, 9.17) is 0 Å². The summed E-state index contributed by atoms with van der Waals surface area (Å²) >= 11 is 0. The van der Waals surface area contributed by atoms with E-state index in [1.54, 1.807) is 0 Å². The highest BCUT2D eigenvalue weighted by Crippen LogP contribution is 2.53. The lowest BCUT2D eigenvalue weighted by Gasteiger charge is -2.28. The molecule has 0 aromatic heterocycles. The van der Waals surface area contributed by atoms with Crippen LogP contribution in [0, 0.1) is 27.7 Å². The van der Waals surface area contributed by atoms with Crippen molar-refractivity contribution in [3.63, 3.8) is 0 Å². The molecule has 0 heterocycles. The summed E-state index contributed by atoms with van der Waals surface area (Å²) in [5.74, 6) is 0. The van der Waals surface area contributed by atoms with Crippen molar-refractivity contribution in [3.05, 3.63) is 261 Å². The number of benzene rings is 9. The van der Waals surface area contributed by atoms with E-state index in [0.29, 0.717) is 0 Å². The molecule has 0 amide bonds. The Bertz CT molecular complexity index is 3220. The van der Waals surface area contributed by atoms with E-state index in [-0.39, 0.29) is 10.8 Å². The van der Waals surface area contributed by atoms with Crippen LogP contribution >= 0.6 is 0 Å². The molecular weight excluding hydrogens is 845 g/mol. The van der Waals surface area contributed by atoms with E-state index in [1.807, 2.05) is 0 Å². The van der Waals surface area contributed by atoms with Crippen LogP contribution in [0.25, 0.3) is 46.6 Å². The normalized spacial score (nSPS) is 13.8. The van der Waals surface area contributed by atoms with E-state index in [2.05, 4.69) is 284 Å². The van der Waals surface area contributed by atoms with Crippen molar-refractivity contribution < 1.29 is 0 Å². The lowest BCUT2D eigenvalue weighted by Crippen LogP contribution is -2.16. The molecule has 0 saturated carbocycles. The Kier molecular flexibility index (Phi) is 11.2. The van der Waals surface area contributed by atoms with Gasteiger partial charge in [-0.2, -0.15) is 0 Å². The molecule has 9 aromatic rings. The van der Waals surface area contributed by atoms with Crippen molar-refractivity contribution in [2.45, 2.75) is 66.2 Å². The summed E-state index contributed by atoms with van der Waals surface area (Å²) in [6.45, 7) is 18.1. The molecule has 0 radical (unpaired) electrons. The summed E-state index contributed by atoms with van der Waals surface area (Å²) in [6, 6.07) is 72.1. The lowest BCUT2D eigenvalue weighted by atomic mass is 9.81. The SMILES string of the molecule is Cc1cccc(N(c2cccc(C)c2)c2ccc3c(c2)C(C)(C)c2cc(/C=C/c4ccc(/C=C/c5ccc6c(c5)C(C)(C)c5cc(N(c7cccc(C)c7)c7cccc(C)c7)ccc5-6)cc4)ccc2-3)c1. The number of hydrogen-bond acceptors (Lipinski definition) is 2. The van der Waals surface area contributed by atoms with Gasteiger partial charge in [0.1, 0.15) is 0 Å². The third kappa shape index (κ3) is 8.18. The van der Waals surface area contributed by atoms with Gasteiger partial charge in [-0.25, -0.2) is 0 Å². The predicted molar refractivity (Wildman–Crippen MR) is 301 cm³/mol. The van der Waals surface area contributed by atoms with Crippen molar-refractivity contribution in [2.75, 3.05) is 9.80 Å². The summed E-state index contributed by atoms with van der Waals surface area (Å²) in [5.41, 5.74) is 27.2. The van der Waals surface area contributed by atoms with Gasteiger partial charge < -0.3 is 9.80 Å². The number of rotatable bonds is 10. The van der Waals surface area contributed by atoms with E-state index in [0.717, 1.165) is 0 Å². The summed E-state index contributed by atoms with van der Waals surface area (Å²) < 4.78 is 0. The third-order valence-corrected chi connectivity index (χ3v) is 14.8. The van der Waals surface area contributed by atoms with Crippen LogP contribution in [0.3, 0.4) is 0 Å². The van der Waals surface area contributed by atoms with Crippen LogP contribution in [0.15, 0.2) is 194 Å². The molecule has 2 heteroatoms. The summed E-state index contributed by atoms with van der Waals surface area (Å²) in [6.07, 6.45) is 8.97. The Morgan fingerprint density at radius 2 is 0.529 bits per heavy atom. The number of hydrogen-bond donors (Lipinski definition) is 0. The quantitative estimate of drug-likeness (QED) is 0.126. The standard InChI is InChI=1S/C68H60N2/c1-45-13-9-17-53(37-45)69(54-18-10-14-46(2)38-54)57-31-35-61-59-33-29-51(41-63(59)67(5,6)65(61)43-57)27-25-49-21-23-50(24-22-49)26-28-52-30-34-60-62-36-32-58(44-66(62)68(7,8)64(60)42-52)70(55-19-11-15-47(3)39-55)56-20-12-16-48(4)40-56/h9-44H,1-8H3/b27-25+,28-26+. The van der Waals surface area contributed by atoms with Crippen LogP contribution in [0.5, 0.6) is 0 Å². The maximum atomic E-state index is 2.42. The van der Waals surface area contributed by atoms with Crippen molar-refractivity contribution in [2.24, 2.45) is 0 Å². The minimum atomic E-state index is -0.156. The van der Waals surface area contributed by atoms with Crippen LogP contribution in [-0.4, -0.2) is 0 Å². The number of nitrogens with zero attached hydrogens (tertiary/aromatic N) is 2. The molecule has 70 heavy (non-hydrogen) atoms. The van der Waals surface area contributed by atoms with Gasteiger partial charge in [-0.1, -0.05) is 173 Å². The van der Waals surface area contributed by atoms with Crippen molar-refractivity contribution in [1.82, 2.24) is 0 Å². The first-order valence-electron chi connectivity index (χ1n) is 24.7. The minimum absolute atomic E-state index is 0.156. The van der Waals surface area contributed by atoms with Gasteiger partial charge in [-0.15, -0.1) is 0 Å². The molecule has 0 atom stereocenters. The average Bonchev–Trinajstić information content (AvgIpc) is 3.71. The molecule has 2 aliphatic carbocycles. The molecule has 0 N–H and O–H groups in total. The van der Waals surface area contributed by atoms with E-state index >= 15 is 0 Å². The molecule has 0 fully saturated rings. The van der Waals surface area contributed by atoms with Crippen LogP contribution in [0.4, 0.5) is 34.1 Å². The molecule has 0 bridgehead atoms. The molecule has 2 nitrogen and oxygen atoms in total. The number of fused-ring (bicyclic) bond motifs is 6. The average molecular weight is 905 g/mol. The van der Waals surface area contributed by atoms with Crippen LogP contribution in [0.1, 0.15) is 94.5 Å². The van der Waals surface area contributed by atoms with E-state index in [1.165, 1.54) is 123 Å². The monoisotopic (exact) mass is 904 g/mol. The van der Waals surface area contributed by atoms with Gasteiger partial charge in [-0.05, 0) is 190 Å². The van der Waals surface area contributed by atoms with E-state index in [9.17, 15) is 0 Å². The Morgan fingerprint density at radius 1 is 0.271 bits per heavy atom. The first-order chi connectivity index (χ1) is 33.8. The third-order valence-electron chi connectivity index (χ3n) is 14.8. The van der Waals surface area contributed by atoms with Crippen LogP contribution in [0.2, 0.25) is 0 Å². The Labute approximate surface area is 415 Å². The molecule has 2 aliphatic rings. The zero-order valence-corrected chi connectivity index (χ0v) is 41.7. The zero-order chi connectivity index (χ0) is 48.3. The second-order valence-corrected chi connectivity index (χ2v) is 20.7. The maximum absolute atomic E-state index is 2.42. The highest BCUT2D eigenvalue weighted by molar-refractivity contribution is 5.89. The summed E-state index contributed by atoms with van der Waals surface area (Å²) in [5, 5.41) is 0. The largest absolute Gasteiger partial charge is 0.310 e. The first-order valence-corrected chi connectivity index (χ1v) is 24.7. The molecule has 0 saturated heterocycles. The van der Waals surface area contributed by atoms with Gasteiger partial charge in [-0.3, -0.25) is 0 Å². The summed E-state index contributed by atoms with van der Waals surface area (Å²) in [7, 11) is 0.